The molecule has 0 aromatic carbocycles. The van der Waals surface area contributed by atoms with E-state index < -0.39 is 5.97 Å². The summed E-state index contributed by atoms with van der Waals surface area (Å²) in [5, 5.41) is 16.7. The second kappa shape index (κ2) is 7.28. The van der Waals surface area contributed by atoms with Crippen molar-refractivity contribution in [3.05, 3.63) is 18.2 Å². The minimum absolute atomic E-state index is 0.306. The van der Waals surface area contributed by atoms with Crippen molar-refractivity contribution in [1.29, 1.82) is 0 Å². The molecule has 0 amide bonds. The predicted octanol–water partition coefficient (Wildman–Crippen LogP) is 2.43. The largest absolute Gasteiger partial charge is 0.481 e. The maximum Gasteiger partial charge on any atom is 0.300 e. The second-order valence-electron chi connectivity index (χ2n) is 5.31. The van der Waals surface area contributed by atoms with Crippen molar-refractivity contribution in [3.8, 4) is 0 Å². The smallest absolute Gasteiger partial charge is 0.300 e. The Hall–Kier alpha value is -1.36. The molecule has 1 saturated carbocycles. The lowest BCUT2D eigenvalue weighted by Crippen LogP contribution is -2.19. The molecule has 19 heavy (non-hydrogen) atoms. The summed E-state index contributed by atoms with van der Waals surface area (Å²) in [5.41, 5.74) is 0. The molecule has 1 heterocycles. The van der Waals surface area contributed by atoms with Gasteiger partial charge in [-0.3, -0.25) is 4.79 Å². The quantitative estimate of drug-likeness (QED) is 0.882. The highest BCUT2D eigenvalue weighted by Gasteiger charge is 2.29. The molecule has 0 saturated heterocycles. The molecular formula is C14H24N2O3. The highest BCUT2D eigenvalue weighted by Crippen LogP contribution is 2.36. The van der Waals surface area contributed by atoms with Crippen molar-refractivity contribution >= 4 is 5.97 Å². The molecule has 2 atom stereocenters. The minimum Gasteiger partial charge on any atom is -0.481 e. The van der Waals surface area contributed by atoms with Crippen LogP contribution in [0.1, 0.15) is 57.8 Å². The van der Waals surface area contributed by atoms with E-state index in [1.807, 2.05) is 6.20 Å². The van der Waals surface area contributed by atoms with E-state index in [0.717, 1.165) is 19.2 Å². The number of carboxylic acids is 1. The van der Waals surface area contributed by atoms with Gasteiger partial charge in [0.25, 0.3) is 5.97 Å². The summed E-state index contributed by atoms with van der Waals surface area (Å²) < 4.78 is 2.28. The molecule has 1 aliphatic rings. The number of aromatic nitrogens is 2. The van der Waals surface area contributed by atoms with Gasteiger partial charge in [-0.15, -0.1) is 0 Å². The normalized spacial score (nSPS) is 22.2. The first-order chi connectivity index (χ1) is 8.97. The summed E-state index contributed by atoms with van der Waals surface area (Å²) in [6.45, 7) is 5.73. The summed E-state index contributed by atoms with van der Waals surface area (Å²) >= 11 is 0. The van der Waals surface area contributed by atoms with Gasteiger partial charge in [0.05, 0.1) is 0 Å². The zero-order chi connectivity index (χ0) is 14.4. The Morgan fingerprint density at radius 2 is 2.16 bits per heavy atom. The zero-order valence-corrected chi connectivity index (χ0v) is 11.9. The summed E-state index contributed by atoms with van der Waals surface area (Å²) in [6, 6.07) is 0.468. The molecule has 0 aliphatic heterocycles. The van der Waals surface area contributed by atoms with Crippen molar-refractivity contribution in [3.63, 3.8) is 0 Å². The molecule has 0 radical (unpaired) electrons. The molecule has 5 heteroatoms. The topological polar surface area (TPSA) is 75.3 Å². The number of carbonyl (C=O) groups is 1. The van der Waals surface area contributed by atoms with Gasteiger partial charge in [0.15, 0.2) is 0 Å². The van der Waals surface area contributed by atoms with E-state index in [1.54, 1.807) is 0 Å². The van der Waals surface area contributed by atoms with E-state index in [4.69, 9.17) is 9.90 Å². The Labute approximate surface area is 114 Å². The van der Waals surface area contributed by atoms with Crippen LogP contribution in [-0.4, -0.2) is 32.3 Å². The van der Waals surface area contributed by atoms with Crippen LogP contribution in [0.25, 0.3) is 0 Å². The fourth-order valence-electron chi connectivity index (χ4n) is 2.65. The van der Waals surface area contributed by atoms with E-state index in [0.29, 0.717) is 24.5 Å². The van der Waals surface area contributed by atoms with E-state index >= 15 is 0 Å². The standard InChI is InChI=1S/C12H20N2O.C2H4O2/c1-9(2)12-13-6-7-14(12)11-5-3-4-10(11)8-15;1-2(3)4/h6-7,9-11,15H,3-5,8H2,1-2H3;1H3,(H,3,4)/t10-,11-;/m0./s1. The average Bonchev–Trinajstić information content (AvgIpc) is 2.96. The van der Waals surface area contributed by atoms with Gasteiger partial charge < -0.3 is 14.8 Å². The molecule has 0 unspecified atom stereocenters. The highest BCUT2D eigenvalue weighted by atomic mass is 16.4. The van der Waals surface area contributed by atoms with Gasteiger partial charge in [0.2, 0.25) is 0 Å². The molecule has 1 aromatic heterocycles. The number of rotatable bonds is 3. The Morgan fingerprint density at radius 3 is 2.68 bits per heavy atom. The van der Waals surface area contributed by atoms with Crippen LogP contribution in [0.5, 0.6) is 0 Å². The van der Waals surface area contributed by atoms with Crippen molar-refractivity contribution in [2.45, 2.75) is 52.0 Å². The molecule has 1 aromatic rings. The van der Waals surface area contributed by atoms with Crippen LogP contribution in [-0.2, 0) is 4.79 Å². The first-order valence-corrected chi connectivity index (χ1v) is 6.80. The number of hydrogen-bond acceptors (Lipinski definition) is 3. The molecule has 0 bridgehead atoms. The summed E-state index contributed by atoms with van der Waals surface area (Å²) in [5.74, 6) is 1.21. The van der Waals surface area contributed by atoms with Crippen LogP contribution in [0.15, 0.2) is 12.4 Å². The van der Waals surface area contributed by atoms with Crippen LogP contribution in [0.2, 0.25) is 0 Å². The second-order valence-corrected chi connectivity index (χ2v) is 5.31. The first-order valence-electron chi connectivity index (χ1n) is 6.80. The van der Waals surface area contributed by atoms with E-state index in [-0.39, 0.29) is 0 Å². The van der Waals surface area contributed by atoms with Crippen molar-refractivity contribution in [2.24, 2.45) is 5.92 Å². The van der Waals surface area contributed by atoms with Crippen LogP contribution in [0.4, 0.5) is 0 Å². The van der Waals surface area contributed by atoms with Gasteiger partial charge in [-0.2, -0.15) is 0 Å². The summed E-state index contributed by atoms with van der Waals surface area (Å²) in [7, 11) is 0. The molecule has 1 fully saturated rings. The first kappa shape index (κ1) is 15.7. The molecule has 0 spiro atoms. The SMILES string of the molecule is CC(=O)O.CC(C)c1nccn1[C@H]1CCC[C@H]1CO. The zero-order valence-electron chi connectivity index (χ0n) is 11.9. The number of nitrogens with zero attached hydrogens (tertiary/aromatic N) is 2. The fourth-order valence-corrected chi connectivity index (χ4v) is 2.65. The Kier molecular flexibility index (Phi) is 6.02. The van der Waals surface area contributed by atoms with E-state index in [1.165, 1.54) is 12.8 Å². The van der Waals surface area contributed by atoms with Crippen LogP contribution < -0.4 is 0 Å². The number of imidazole rings is 1. The lowest BCUT2D eigenvalue weighted by molar-refractivity contribution is -0.134. The molecule has 5 nitrogen and oxygen atoms in total. The average molecular weight is 268 g/mol. The van der Waals surface area contributed by atoms with Gasteiger partial charge in [-0.1, -0.05) is 20.3 Å². The third-order valence-electron chi connectivity index (χ3n) is 3.43. The van der Waals surface area contributed by atoms with Gasteiger partial charge in [-0.05, 0) is 12.8 Å². The summed E-state index contributed by atoms with van der Waals surface area (Å²) in [4.78, 5) is 13.4. The molecule has 2 N–H and O–H groups in total. The van der Waals surface area contributed by atoms with Gasteiger partial charge >= 0.3 is 0 Å². The Balaban J connectivity index is 0.000000399. The molecule has 1 aliphatic carbocycles. The maximum atomic E-state index is 9.33. The number of aliphatic hydroxyl groups is 1. The lowest BCUT2D eigenvalue weighted by Gasteiger charge is -2.22. The molecule has 2 rings (SSSR count). The fraction of sp³-hybridized carbons (Fsp3) is 0.714. The molecular weight excluding hydrogens is 244 g/mol. The summed E-state index contributed by atoms with van der Waals surface area (Å²) in [6.07, 6.45) is 7.50. The molecule has 108 valence electrons. The van der Waals surface area contributed by atoms with Crippen molar-refractivity contribution in [2.75, 3.05) is 6.61 Å². The number of carboxylic acid groups (broad SMARTS) is 1. The Bertz CT molecular complexity index is 397. The number of hydrogen-bond donors (Lipinski definition) is 2. The minimum atomic E-state index is -0.833. The van der Waals surface area contributed by atoms with Crippen LogP contribution in [0, 0.1) is 5.92 Å². The van der Waals surface area contributed by atoms with Crippen LogP contribution >= 0.6 is 0 Å². The predicted molar refractivity (Wildman–Crippen MR) is 73.1 cm³/mol. The van der Waals surface area contributed by atoms with Gasteiger partial charge in [0, 0.05) is 43.8 Å². The van der Waals surface area contributed by atoms with Gasteiger partial charge in [0.1, 0.15) is 5.82 Å². The third-order valence-corrected chi connectivity index (χ3v) is 3.43. The van der Waals surface area contributed by atoms with Crippen LogP contribution in [0.3, 0.4) is 0 Å². The van der Waals surface area contributed by atoms with E-state index in [9.17, 15) is 5.11 Å². The number of aliphatic hydroxyl groups excluding tert-OH is 1. The lowest BCUT2D eigenvalue weighted by atomic mass is 10.0. The maximum absolute atomic E-state index is 9.33. The van der Waals surface area contributed by atoms with E-state index in [2.05, 4.69) is 29.6 Å². The third kappa shape index (κ3) is 4.35. The Morgan fingerprint density at radius 1 is 1.53 bits per heavy atom. The monoisotopic (exact) mass is 268 g/mol. The highest BCUT2D eigenvalue weighted by molar-refractivity contribution is 5.62. The van der Waals surface area contributed by atoms with Gasteiger partial charge in [-0.25, -0.2) is 4.98 Å². The van der Waals surface area contributed by atoms with Crippen molar-refractivity contribution in [1.82, 2.24) is 9.55 Å². The van der Waals surface area contributed by atoms with Crippen molar-refractivity contribution < 1.29 is 15.0 Å². The number of aliphatic carboxylic acids is 1.